The van der Waals surface area contributed by atoms with Gasteiger partial charge in [-0.25, -0.2) is 4.68 Å². The third-order valence-electron chi connectivity index (χ3n) is 6.01. The zero-order chi connectivity index (χ0) is 23.9. The first-order chi connectivity index (χ1) is 16.3. The van der Waals surface area contributed by atoms with Crippen molar-refractivity contribution in [2.24, 2.45) is 0 Å². The Kier molecular flexibility index (Phi) is 5.36. The summed E-state index contributed by atoms with van der Waals surface area (Å²) in [5, 5.41) is 7.70. The van der Waals surface area contributed by atoms with Crippen molar-refractivity contribution in [1.29, 1.82) is 0 Å². The second kappa shape index (κ2) is 8.37. The molecule has 8 heteroatoms. The highest BCUT2D eigenvalue weighted by Crippen LogP contribution is 2.39. The highest BCUT2D eigenvalue weighted by Gasteiger charge is 2.45. The summed E-state index contributed by atoms with van der Waals surface area (Å²) < 4.78 is 29.0. The van der Waals surface area contributed by atoms with Gasteiger partial charge in [0.25, 0.3) is 5.91 Å². The van der Waals surface area contributed by atoms with Gasteiger partial charge in [-0.05, 0) is 35.9 Å². The van der Waals surface area contributed by atoms with Crippen molar-refractivity contribution in [3.8, 4) is 5.69 Å². The molecule has 4 aromatic rings. The van der Waals surface area contributed by atoms with Crippen molar-refractivity contribution in [1.82, 2.24) is 15.1 Å². The van der Waals surface area contributed by atoms with Crippen LogP contribution in [-0.2, 0) is 9.59 Å². The molecule has 2 atom stereocenters. The van der Waals surface area contributed by atoms with E-state index in [1.165, 1.54) is 0 Å². The molecule has 0 radical (unpaired) electrons. The normalized spacial score (nSPS) is 18.4. The number of carbonyl (C=O) groups is 2. The van der Waals surface area contributed by atoms with Gasteiger partial charge >= 0.3 is 5.92 Å². The van der Waals surface area contributed by atoms with E-state index in [2.05, 4.69) is 10.4 Å². The largest absolute Gasteiger partial charge is 0.345 e. The number of benzene rings is 3. The number of hydrogen-bond donors (Lipinski definition) is 1. The molecule has 3 aromatic carbocycles. The van der Waals surface area contributed by atoms with Gasteiger partial charge in [0.05, 0.1) is 29.5 Å². The number of amides is 2. The van der Waals surface area contributed by atoms with Crippen molar-refractivity contribution in [3.05, 3.63) is 90.6 Å². The molecule has 172 valence electrons. The number of alkyl halides is 2. The van der Waals surface area contributed by atoms with Crippen LogP contribution >= 0.6 is 0 Å². The van der Waals surface area contributed by atoms with E-state index >= 15 is 0 Å². The lowest BCUT2D eigenvalue weighted by Crippen LogP contribution is -2.46. The van der Waals surface area contributed by atoms with E-state index in [1.54, 1.807) is 11.1 Å². The van der Waals surface area contributed by atoms with Crippen LogP contribution < -0.4 is 10.2 Å². The molecule has 0 aliphatic carbocycles. The van der Waals surface area contributed by atoms with Crippen LogP contribution in [0.5, 0.6) is 0 Å². The smallest absolute Gasteiger partial charge is 0.321 e. The number of nitrogens with one attached hydrogen (secondary N) is 1. The number of nitrogens with zero attached hydrogens (tertiary/aromatic N) is 3. The Labute approximate surface area is 194 Å². The molecular weight excluding hydrogens is 438 g/mol. The summed E-state index contributed by atoms with van der Waals surface area (Å²) in [6.07, 6.45) is 1.64. The Balaban J connectivity index is 1.54. The molecule has 0 bridgehead atoms. The van der Waals surface area contributed by atoms with Gasteiger partial charge in [0.15, 0.2) is 0 Å². The fourth-order valence-corrected chi connectivity index (χ4v) is 4.44. The average Bonchev–Trinajstić information content (AvgIpc) is 3.39. The molecule has 1 saturated heterocycles. The van der Waals surface area contributed by atoms with Crippen LogP contribution in [0.15, 0.2) is 85.1 Å². The average molecular weight is 460 g/mol. The standard InChI is InChI=1S/C26H22F2N4O2/c1-26(27,28)25(34)30-21-15-23(33)31(24(21)17-8-4-2-5-9-17)20-12-13-22-18(14-20)16-29-32(22)19-10-6-3-7-11-19/h2-14,16,21,24H,15H2,1H3,(H,30,34). The van der Waals surface area contributed by atoms with Crippen LogP contribution in [0.3, 0.4) is 0 Å². The lowest BCUT2D eigenvalue weighted by atomic mass is 9.99. The monoisotopic (exact) mass is 460 g/mol. The number of aromatic nitrogens is 2. The number of halogens is 2. The number of carbonyl (C=O) groups excluding carboxylic acids is 2. The van der Waals surface area contributed by atoms with E-state index < -0.39 is 23.9 Å². The molecule has 1 aliphatic heterocycles. The fourth-order valence-electron chi connectivity index (χ4n) is 4.44. The molecule has 1 aliphatic rings. The first-order valence-electron chi connectivity index (χ1n) is 10.9. The Morgan fingerprint density at radius 2 is 1.68 bits per heavy atom. The van der Waals surface area contributed by atoms with Crippen LogP contribution in [0, 0.1) is 0 Å². The molecule has 5 rings (SSSR count). The van der Waals surface area contributed by atoms with Gasteiger partial charge < -0.3 is 10.2 Å². The molecule has 2 unspecified atom stereocenters. The Morgan fingerprint density at radius 1 is 1.00 bits per heavy atom. The van der Waals surface area contributed by atoms with Crippen LogP contribution in [0.4, 0.5) is 14.5 Å². The highest BCUT2D eigenvalue weighted by atomic mass is 19.3. The second-order valence-corrected chi connectivity index (χ2v) is 8.43. The number of anilines is 1. The van der Waals surface area contributed by atoms with Gasteiger partial charge in [0.1, 0.15) is 0 Å². The lowest BCUT2D eigenvalue weighted by molar-refractivity contribution is -0.143. The zero-order valence-electron chi connectivity index (χ0n) is 18.4. The molecule has 0 spiro atoms. The quantitative estimate of drug-likeness (QED) is 0.472. The van der Waals surface area contributed by atoms with Gasteiger partial charge in [0, 0.05) is 24.4 Å². The summed E-state index contributed by atoms with van der Waals surface area (Å²) in [5.41, 5.74) is 3.14. The molecule has 2 amide bonds. The second-order valence-electron chi connectivity index (χ2n) is 8.43. The summed E-state index contributed by atoms with van der Waals surface area (Å²) >= 11 is 0. The van der Waals surface area contributed by atoms with Crippen LogP contribution in [0.25, 0.3) is 16.6 Å². The number of para-hydroxylation sites is 1. The first-order valence-corrected chi connectivity index (χ1v) is 10.9. The van der Waals surface area contributed by atoms with Crippen molar-refractivity contribution in [3.63, 3.8) is 0 Å². The number of hydrogen-bond acceptors (Lipinski definition) is 3. The van der Waals surface area contributed by atoms with Gasteiger partial charge in [0.2, 0.25) is 5.91 Å². The molecule has 1 aromatic heterocycles. The SMILES string of the molecule is CC(F)(F)C(=O)NC1CC(=O)N(c2ccc3c(cnn3-c3ccccc3)c2)C1c1ccccc1. The fraction of sp³-hybridized carbons (Fsp3) is 0.192. The van der Waals surface area contributed by atoms with E-state index in [0.29, 0.717) is 12.6 Å². The van der Waals surface area contributed by atoms with E-state index in [9.17, 15) is 18.4 Å². The van der Waals surface area contributed by atoms with Gasteiger partial charge in [-0.1, -0.05) is 48.5 Å². The van der Waals surface area contributed by atoms with Crippen molar-refractivity contribution in [2.45, 2.75) is 31.4 Å². The van der Waals surface area contributed by atoms with E-state index in [0.717, 1.165) is 22.2 Å². The number of fused-ring (bicyclic) bond motifs is 1. The molecule has 1 N–H and O–H groups in total. The maximum absolute atomic E-state index is 13.6. The molecule has 2 heterocycles. The van der Waals surface area contributed by atoms with E-state index in [-0.39, 0.29) is 12.3 Å². The minimum atomic E-state index is -3.54. The van der Waals surface area contributed by atoms with Gasteiger partial charge in [-0.2, -0.15) is 13.9 Å². The van der Waals surface area contributed by atoms with Crippen molar-refractivity contribution in [2.75, 3.05) is 4.90 Å². The lowest BCUT2D eigenvalue weighted by Gasteiger charge is -2.29. The zero-order valence-corrected chi connectivity index (χ0v) is 18.4. The summed E-state index contributed by atoms with van der Waals surface area (Å²) in [6.45, 7) is 0.548. The van der Waals surface area contributed by atoms with Crippen molar-refractivity contribution < 1.29 is 18.4 Å². The molecule has 34 heavy (non-hydrogen) atoms. The number of rotatable bonds is 5. The van der Waals surface area contributed by atoms with Gasteiger partial charge in [-0.3, -0.25) is 9.59 Å². The summed E-state index contributed by atoms with van der Waals surface area (Å²) in [6, 6.07) is 22.9. The van der Waals surface area contributed by atoms with E-state index in [4.69, 9.17) is 0 Å². The maximum atomic E-state index is 13.6. The predicted molar refractivity (Wildman–Crippen MR) is 125 cm³/mol. The molecule has 1 fully saturated rings. The predicted octanol–water partition coefficient (Wildman–Crippen LogP) is 4.64. The Morgan fingerprint density at radius 3 is 2.35 bits per heavy atom. The maximum Gasteiger partial charge on any atom is 0.321 e. The molecule has 0 saturated carbocycles. The van der Waals surface area contributed by atoms with Crippen LogP contribution in [-0.4, -0.2) is 33.6 Å². The molecule has 6 nitrogen and oxygen atoms in total. The third-order valence-corrected chi connectivity index (χ3v) is 6.01. The van der Waals surface area contributed by atoms with Crippen LogP contribution in [0.2, 0.25) is 0 Å². The Hall–Kier alpha value is -4.07. The van der Waals surface area contributed by atoms with Crippen LogP contribution in [0.1, 0.15) is 24.9 Å². The minimum absolute atomic E-state index is 0.0807. The summed E-state index contributed by atoms with van der Waals surface area (Å²) in [4.78, 5) is 26.8. The first kappa shape index (κ1) is 21.8. The third kappa shape index (κ3) is 3.91. The summed E-state index contributed by atoms with van der Waals surface area (Å²) in [5.74, 6) is -5.19. The van der Waals surface area contributed by atoms with Gasteiger partial charge in [-0.15, -0.1) is 0 Å². The minimum Gasteiger partial charge on any atom is -0.345 e. The van der Waals surface area contributed by atoms with Crippen molar-refractivity contribution >= 4 is 28.4 Å². The summed E-state index contributed by atoms with van der Waals surface area (Å²) in [7, 11) is 0. The Bertz CT molecular complexity index is 1350. The topological polar surface area (TPSA) is 67.2 Å². The highest BCUT2D eigenvalue weighted by molar-refractivity contribution is 6.00. The van der Waals surface area contributed by atoms with E-state index in [1.807, 2.05) is 83.5 Å². The molecular formula is C26H22F2N4O2.